The number of carbonyl (C=O) groups excluding carboxylic acids is 1. The van der Waals surface area contributed by atoms with Gasteiger partial charge in [-0.2, -0.15) is 0 Å². The number of hydrogen-bond acceptors (Lipinski definition) is 8. The lowest BCUT2D eigenvalue weighted by Gasteiger charge is -2.19. The number of carbonyl (C=O) groups is 3. The van der Waals surface area contributed by atoms with E-state index in [1.807, 2.05) is 12.1 Å². The van der Waals surface area contributed by atoms with Crippen molar-refractivity contribution in [2.24, 2.45) is 0 Å². The Balaban J connectivity index is 0.00000172. The molecular weight excluding hydrogens is 435 g/mol. The molecule has 0 spiro atoms. The molecule has 0 aliphatic carbocycles. The fraction of sp³-hybridized carbons (Fsp3) is 0.286. The van der Waals surface area contributed by atoms with E-state index in [0.29, 0.717) is 13.1 Å². The van der Waals surface area contributed by atoms with Crippen molar-refractivity contribution in [3.8, 4) is 5.75 Å². The second-order valence-electron chi connectivity index (χ2n) is 6.91. The maximum atomic E-state index is 12.3. The minimum Gasteiger partial charge on any atom is -0.507 e. The van der Waals surface area contributed by atoms with E-state index in [0.717, 1.165) is 11.1 Å². The fourth-order valence-corrected chi connectivity index (χ4v) is 2.93. The zero-order valence-electron chi connectivity index (χ0n) is 17.7. The van der Waals surface area contributed by atoms with Crippen LogP contribution in [0.5, 0.6) is 5.75 Å². The number of phenols is 1. The summed E-state index contributed by atoms with van der Waals surface area (Å²) >= 11 is 0. The first kappa shape index (κ1) is 27.6. The number of aromatic hydroxyl groups is 1. The highest BCUT2D eigenvalue weighted by Crippen LogP contribution is 2.24. The zero-order valence-corrected chi connectivity index (χ0v) is 17.7. The van der Waals surface area contributed by atoms with Gasteiger partial charge in [0.25, 0.3) is 6.47 Å². The Hall–Kier alpha value is -3.45. The number of aromatic carboxylic acids is 1. The van der Waals surface area contributed by atoms with Crippen LogP contribution in [0.4, 0.5) is 0 Å². The Morgan fingerprint density at radius 3 is 2.21 bits per heavy atom. The first-order chi connectivity index (χ1) is 15.7. The van der Waals surface area contributed by atoms with E-state index in [1.165, 1.54) is 18.2 Å². The minimum absolute atomic E-state index is 0.00865. The molecule has 0 bridgehead atoms. The van der Waals surface area contributed by atoms with Gasteiger partial charge in [0, 0.05) is 13.1 Å². The van der Waals surface area contributed by atoms with Crippen molar-refractivity contribution in [1.29, 1.82) is 0 Å². The second kappa shape index (κ2) is 14.6. The minimum atomic E-state index is -1.90. The van der Waals surface area contributed by atoms with Gasteiger partial charge in [0.2, 0.25) is 5.91 Å². The smallest absolute Gasteiger partial charge is 0.475 e. The first-order valence-electron chi connectivity index (χ1n) is 9.90. The Bertz CT molecular complexity index is 907. The van der Waals surface area contributed by atoms with Crippen molar-refractivity contribution in [3.63, 3.8) is 0 Å². The van der Waals surface area contributed by atoms with Gasteiger partial charge < -0.3 is 41.1 Å². The third-order valence-corrected chi connectivity index (χ3v) is 4.50. The van der Waals surface area contributed by atoms with Gasteiger partial charge in [-0.1, -0.05) is 36.4 Å². The summed E-state index contributed by atoms with van der Waals surface area (Å²) in [7, 11) is -1.90. The molecule has 1 amide bonds. The summed E-state index contributed by atoms with van der Waals surface area (Å²) in [6.45, 7) is 0.874. The molecule has 33 heavy (non-hydrogen) atoms. The fourth-order valence-electron chi connectivity index (χ4n) is 2.93. The number of nitrogens with one attached hydrogen (secondary N) is 2. The molecule has 0 saturated carbocycles. The molecule has 0 aliphatic heterocycles. The monoisotopic (exact) mass is 462 g/mol. The standard InChI is InChI=1S/C20H25BN2O7.CH2O2/c24-9-8-22-12-14-6-4-13(5-7-14)10-18(25)23-17(21(29)30)11-15-2-1-3-16(19(15)26)20(27)28;2-1-3/h1-7,17,22,24,26,29-30H,8-12H2,(H,23,25)(H,27,28);1H,(H,2,3)/t17-;/m0./s1. The van der Waals surface area contributed by atoms with E-state index in [9.17, 15) is 24.7 Å². The average Bonchev–Trinajstić information content (AvgIpc) is 2.76. The molecule has 0 heterocycles. The summed E-state index contributed by atoms with van der Waals surface area (Å²) < 4.78 is 0. The Morgan fingerprint density at radius 2 is 1.67 bits per heavy atom. The van der Waals surface area contributed by atoms with E-state index in [4.69, 9.17) is 20.1 Å². The molecule has 2 rings (SSSR count). The van der Waals surface area contributed by atoms with E-state index in [2.05, 4.69) is 10.6 Å². The maximum Gasteiger partial charge on any atom is 0.475 e. The van der Waals surface area contributed by atoms with Crippen LogP contribution in [-0.4, -0.2) is 75.0 Å². The van der Waals surface area contributed by atoms with Crippen LogP contribution in [0.25, 0.3) is 0 Å². The molecule has 1 atom stereocenters. The summed E-state index contributed by atoms with van der Waals surface area (Å²) in [5, 5.41) is 59.6. The normalized spacial score (nSPS) is 11.0. The van der Waals surface area contributed by atoms with E-state index >= 15 is 0 Å². The first-order valence-corrected chi connectivity index (χ1v) is 9.90. The van der Waals surface area contributed by atoms with Crippen molar-refractivity contribution >= 4 is 25.5 Å². The number of aliphatic hydroxyl groups excluding tert-OH is 1. The van der Waals surface area contributed by atoms with Crippen molar-refractivity contribution < 1.29 is 44.9 Å². The molecule has 11 nitrogen and oxygen atoms in total. The molecule has 178 valence electrons. The van der Waals surface area contributed by atoms with Crippen LogP contribution in [0.1, 0.15) is 27.0 Å². The van der Waals surface area contributed by atoms with Gasteiger partial charge in [-0.3, -0.25) is 9.59 Å². The number of benzene rings is 2. The van der Waals surface area contributed by atoms with Gasteiger partial charge >= 0.3 is 13.1 Å². The van der Waals surface area contributed by atoms with Gasteiger partial charge in [-0.15, -0.1) is 0 Å². The highest BCUT2D eigenvalue weighted by molar-refractivity contribution is 6.43. The van der Waals surface area contributed by atoms with Crippen molar-refractivity contribution in [3.05, 3.63) is 64.7 Å². The SMILES string of the molecule is O=C(Cc1ccc(CNCCO)cc1)N[C@@H](Cc1cccc(C(=O)O)c1O)B(O)O.O=CO. The van der Waals surface area contributed by atoms with Gasteiger partial charge in [0.1, 0.15) is 11.3 Å². The lowest BCUT2D eigenvalue weighted by molar-refractivity contribution is -0.123. The number of carboxylic acids is 1. The lowest BCUT2D eigenvalue weighted by Crippen LogP contribution is -2.48. The van der Waals surface area contributed by atoms with Crippen LogP contribution in [0.2, 0.25) is 0 Å². The van der Waals surface area contributed by atoms with Crippen LogP contribution in [-0.2, 0) is 29.0 Å². The second-order valence-corrected chi connectivity index (χ2v) is 6.91. The highest BCUT2D eigenvalue weighted by atomic mass is 16.4. The van der Waals surface area contributed by atoms with Crippen molar-refractivity contribution in [2.45, 2.75) is 25.3 Å². The molecule has 0 aromatic heterocycles. The average molecular weight is 462 g/mol. The molecule has 0 unspecified atom stereocenters. The summed E-state index contributed by atoms with van der Waals surface area (Å²) in [6.07, 6.45) is -0.152. The molecule has 12 heteroatoms. The summed E-state index contributed by atoms with van der Waals surface area (Å²) in [5.41, 5.74) is 1.58. The van der Waals surface area contributed by atoms with Crippen LogP contribution in [0, 0.1) is 0 Å². The van der Waals surface area contributed by atoms with Crippen LogP contribution < -0.4 is 10.6 Å². The molecule has 0 radical (unpaired) electrons. The van der Waals surface area contributed by atoms with Crippen LogP contribution in [0.15, 0.2) is 42.5 Å². The molecule has 0 aliphatic rings. The third-order valence-electron chi connectivity index (χ3n) is 4.50. The number of aliphatic hydroxyl groups is 1. The van der Waals surface area contributed by atoms with Crippen molar-refractivity contribution in [1.82, 2.24) is 10.6 Å². The Kier molecular flexibility index (Phi) is 12.2. The number of hydrogen-bond donors (Lipinski definition) is 8. The van der Waals surface area contributed by atoms with Gasteiger partial charge in [-0.25, -0.2) is 4.79 Å². The zero-order chi connectivity index (χ0) is 24.8. The number of rotatable bonds is 11. The molecule has 0 fully saturated rings. The van der Waals surface area contributed by atoms with Gasteiger partial charge in [0.15, 0.2) is 0 Å². The van der Waals surface area contributed by atoms with E-state index in [1.54, 1.807) is 12.1 Å². The van der Waals surface area contributed by atoms with E-state index < -0.39 is 30.7 Å². The number of para-hydroxylation sites is 1. The molecule has 2 aromatic rings. The van der Waals surface area contributed by atoms with Crippen LogP contribution in [0.3, 0.4) is 0 Å². The summed E-state index contributed by atoms with van der Waals surface area (Å²) in [5.74, 6) is -3.37. The highest BCUT2D eigenvalue weighted by Gasteiger charge is 2.27. The number of amides is 1. The van der Waals surface area contributed by atoms with Gasteiger partial charge in [0.05, 0.1) is 19.0 Å². The number of carboxylic acid groups (broad SMARTS) is 2. The molecular formula is C21H27BN2O9. The van der Waals surface area contributed by atoms with E-state index in [-0.39, 0.29) is 37.0 Å². The predicted octanol–water partition coefficient (Wildman–Crippen LogP) is -0.845. The Labute approximate surface area is 190 Å². The summed E-state index contributed by atoms with van der Waals surface area (Å²) in [4.78, 5) is 31.8. The quantitative estimate of drug-likeness (QED) is 0.118. The molecule has 8 N–H and O–H groups in total. The topological polar surface area (TPSA) is 197 Å². The molecule has 2 aromatic carbocycles. The molecule has 0 saturated heterocycles. The largest absolute Gasteiger partial charge is 0.507 e. The third kappa shape index (κ3) is 9.70. The summed E-state index contributed by atoms with van der Waals surface area (Å²) in [6, 6.07) is 11.4. The Morgan fingerprint density at radius 1 is 1.06 bits per heavy atom. The van der Waals surface area contributed by atoms with Gasteiger partial charge in [-0.05, 0) is 29.2 Å². The van der Waals surface area contributed by atoms with Crippen molar-refractivity contribution in [2.75, 3.05) is 13.2 Å². The lowest BCUT2D eigenvalue weighted by atomic mass is 9.75. The van der Waals surface area contributed by atoms with Crippen LogP contribution >= 0.6 is 0 Å². The maximum absolute atomic E-state index is 12.3. The predicted molar refractivity (Wildman–Crippen MR) is 119 cm³/mol.